The van der Waals surface area contributed by atoms with Crippen LogP contribution in [0.5, 0.6) is 0 Å². The molecular weight excluding hydrogens is 247 g/mol. The van der Waals surface area contributed by atoms with Gasteiger partial charge in [-0.2, -0.15) is 0 Å². The molecule has 0 aliphatic heterocycles. The third-order valence-electron chi connectivity index (χ3n) is 1.72. The maximum Gasteiger partial charge on any atom is 0.339 e. The fraction of sp³-hybridized carbons (Fsp3) is 0.143. The highest BCUT2D eigenvalue weighted by atomic mass is 35.5. The van der Waals surface area contributed by atoms with E-state index in [0.717, 1.165) is 0 Å². The van der Waals surface area contributed by atoms with Gasteiger partial charge in [0.25, 0.3) is 0 Å². The van der Waals surface area contributed by atoms with Crippen LogP contribution in [0.1, 0.15) is 15.9 Å². The quantitative estimate of drug-likeness (QED) is 0.494. The van der Waals surface area contributed by atoms with E-state index >= 15 is 0 Å². The van der Waals surface area contributed by atoms with Crippen molar-refractivity contribution in [3.8, 4) is 0 Å². The molecule has 8 heteroatoms. The Morgan fingerprint density at radius 3 is 2.40 bits per heavy atom. The molecule has 80 valence electrons. The SMILES string of the molecule is Cc1c(C(=O)O)c(Cl)nc(Cl)c1[N+](=O)[O-]. The Morgan fingerprint density at radius 1 is 1.47 bits per heavy atom. The molecule has 0 spiro atoms. The Kier molecular flexibility index (Phi) is 3.11. The number of halogens is 2. The van der Waals surface area contributed by atoms with Crippen LogP contribution in [0.3, 0.4) is 0 Å². The fourth-order valence-corrected chi connectivity index (χ4v) is 1.73. The first-order valence-corrected chi connectivity index (χ1v) is 4.35. The Balaban J connectivity index is 3.64. The van der Waals surface area contributed by atoms with Gasteiger partial charge in [-0.25, -0.2) is 9.78 Å². The van der Waals surface area contributed by atoms with Gasteiger partial charge in [0.15, 0.2) is 0 Å². The number of nitrogens with zero attached hydrogens (tertiary/aromatic N) is 2. The lowest BCUT2D eigenvalue weighted by molar-refractivity contribution is -0.385. The number of hydrogen-bond acceptors (Lipinski definition) is 4. The molecule has 0 radical (unpaired) electrons. The average molecular weight is 251 g/mol. The van der Waals surface area contributed by atoms with Crippen molar-refractivity contribution >= 4 is 34.9 Å². The molecule has 1 N–H and O–H groups in total. The van der Waals surface area contributed by atoms with Crippen LogP contribution in [0, 0.1) is 17.0 Å². The fourth-order valence-electron chi connectivity index (χ4n) is 1.08. The predicted octanol–water partition coefficient (Wildman–Crippen LogP) is 2.30. The van der Waals surface area contributed by atoms with E-state index in [1.807, 2.05) is 0 Å². The summed E-state index contributed by atoms with van der Waals surface area (Å²) in [6.45, 7) is 1.25. The van der Waals surface area contributed by atoms with Gasteiger partial charge in [0.05, 0.1) is 4.92 Å². The Labute approximate surface area is 93.6 Å². The van der Waals surface area contributed by atoms with E-state index in [-0.39, 0.29) is 10.7 Å². The lowest BCUT2D eigenvalue weighted by Crippen LogP contribution is -2.06. The maximum absolute atomic E-state index is 10.7. The van der Waals surface area contributed by atoms with Crippen molar-refractivity contribution in [1.29, 1.82) is 0 Å². The minimum atomic E-state index is -1.38. The molecule has 0 amide bonds. The molecule has 0 aliphatic rings. The van der Waals surface area contributed by atoms with Crippen molar-refractivity contribution in [2.45, 2.75) is 6.92 Å². The molecule has 6 nitrogen and oxygen atoms in total. The summed E-state index contributed by atoms with van der Waals surface area (Å²) >= 11 is 11.0. The first-order chi connectivity index (χ1) is 6.86. The third kappa shape index (κ3) is 2.00. The monoisotopic (exact) mass is 250 g/mol. The smallest absolute Gasteiger partial charge is 0.339 e. The molecule has 15 heavy (non-hydrogen) atoms. The zero-order valence-electron chi connectivity index (χ0n) is 7.32. The molecule has 1 aromatic heterocycles. The van der Waals surface area contributed by atoms with E-state index in [4.69, 9.17) is 28.3 Å². The summed E-state index contributed by atoms with van der Waals surface area (Å²) in [6.07, 6.45) is 0. The van der Waals surface area contributed by atoms with Crippen molar-refractivity contribution in [3.63, 3.8) is 0 Å². The highest BCUT2D eigenvalue weighted by molar-refractivity contribution is 6.35. The molecule has 0 fully saturated rings. The zero-order valence-corrected chi connectivity index (χ0v) is 8.83. The van der Waals surface area contributed by atoms with E-state index in [1.54, 1.807) is 0 Å². The molecular formula is C7H4Cl2N2O4. The van der Waals surface area contributed by atoms with Crippen LogP contribution in [0.4, 0.5) is 5.69 Å². The molecule has 0 saturated carbocycles. The van der Waals surface area contributed by atoms with Gasteiger partial charge in [0.1, 0.15) is 10.7 Å². The lowest BCUT2D eigenvalue weighted by atomic mass is 10.1. The van der Waals surface area contributed by atoms with Crippen molar-refractivity contribution in [3.05, 3.63) is 31.5 Å². The summed E-state index contributed by atoms with van der Waals surface area (Å²) in [7, 11) is 0. The number of carbonyl (C=O) groups is 1. The largest absolute Gasteiger partial charge is 0.478 e. The van der Waals surface area contributed by atoms with Crippen LogP contribution < -0.4 is 0 Å². The van der Waals surface area contributed by atoms with Crippen LogP contribution in [-0.4, -0.2) is 21.0 Å². The van der Waals surface area contributed by atoms with Gasteiger partial charge >= 0.3 is 11.7 Å². The molecule has 0 saturated heterocycles. The first kappa shape index (κ1) is 11.7. The number of aromatic nitrogens is 1. The number of carboxylic acid groups (broad SMARTS) is 1. The van der Waals surface area contributed by atoms with Gasteiger partial charge < -0.3 is 5.11 Å². The number of aromatic carboxylic acids is 1. The van der Waals surface area contributed by atoms with Crippen LogP contribution in [0.25, 0.3) is 0 Å². The van der Waals surface area contributed by atoms with E-state index in [0.29, 0.717) is 0 Å². The Hall–Kier alpha value is -1.40. The molecule has 0 aliphatic carbocycles. The van der Waals surface area contributed by atoms with E-state index in [9.17, 15) is 14.9 Å². The van der Waals surface area contributed by atoms with Crippen molar-refractivity contribution in [1.82, 2.24) is 4.98 Å². The van der Waals surface area contributed by atoms with E-state index < -0.39 is 27.3 Å². The van der Waals surface area contributed by atoms with Gasteiger partial charge in [-0.05, 0) is 6.92 Å². The summed E-state index contributed by atoms with van der Waals surface area (Å²) in [5, 5.41) is 18.5. The second kappa shape index (κ2) is 4.00. The summed E-state index contributed by atoms with van der Waals surface area (Å²) in [5.41, 5.74) is -1.07. The minimum absolute atomic E-state index is 0.113. The summed E-state index contributed by atoms with van der Waals surface area (Å²) in [4.78, 5) is 23.9. The third-order valence-corrected chi connectivity index (χ3v) is 2.26. The van der Waals surface area contributed by atoms with Crippen molar-refractivity contribution < 1.29 is 14.8 Å². The number of carboxylic acids is 1. The van der Waals surface area contributed by atoms with Gasteiger partial charge in [0.2, 0.25) is 5.15 Å². The zero-order chi connectivity index (χ0) is 11.7. The molecule has 0 aromatic carbocycles. The summed E-state index contributed by atoms with van der Waals surface area (Å²) in [6, 6.07) is 0. The van der Waals surface area contributed by atoms with Gasteiger partial charge in [-0.1, -0.05) is 23.2 Å². The van der Waals surface area contributed by atoms with Gasteiger partial charge in [-0.3, -0.25) is 10.1 Å². The highest BCUT2D eigenvalue weighted by Crippen LogP contribution is 2.32. The lowest BCUT2D eigenvalue weighted by Gasteiger charge is -2.04. The molecule has 1 heterocycles. The molecule has 0 bridgehead atoms. The number of rotatable bonds is 2. The van der Waals surface area contributed by atoms with E-state index in [2.05, 4.69) is 4.98 Å². The summed E-state index contributed by atoms with van der Waals surface area (Å²) in [5.74, 6) is -1.38. The summed E-state index contributed by atoms with van der Waals surface area (Å²) < 4.78 is 0. The highest BCUT2D eigenvalue weighted by Gasteiger charge is 2.26. The van der Waals surface area contributed by atoms with Crippen LogP contribution >= 0.6 is 23.2 Å². The van der Waals surface area contributed by atoms with Crippen molar-refractivity contribution in [2.75, 3.05) is 0 Å². The number of pyridine rings is 1. The normalized spacial score (nSPS) is 10.1. The molecule has 0 unspecified atom stereocenters. The second-order valence-electron chi connectivity index (χ2n) is 2.60. The maximum atomic E-state index is 10.7. The van der Waals surface area contributed by atoms with Gasteiger partial charge in [0, 0.05) is 5.56 Å². The standard InChI is InChI=1S/C7H4Cl2N2O4/c1-2-3(7(12)13)5(8)10-6(9)4(2)11(14)15/h1H3,(H,12,13). The number of hydrogen-bond donors (Lipinski definition) is 1. The molecule has 1 aromatic rings. The molecule has 0 atom stereocenters. The molecule has 1 rings (SSSR count). The van der Waals surface area contributed by atoms with Crippen LogP contribution in [-0.2, 0) is 0 Å². The van der Waals surface area contributed by atoms with Crippen LogP contribution in [0.2, 0.25) is 10.3 Å². The predicted molar refractivity (Wildman–Crippen MR) is 52.6 cm³/mol. The minimum Gasteiger partial charge on any atom is -0.478 e. The average Bonchev–Trinajstić information content (AvgIpc) is 1.99. The van der Waals surface area contributed by atoms with Crippen molar-refractivity contribution in [2.24, 2.45) is 0 Å². The van der Waals surface area contributed by atoms with Gasteiger partial charge in [-0.15, -0.1) is 0 Å². The Bertz CT molecular complexity index is 423. The first-order valence-electron chi connectivity index (χ1n) is 3.59. The van der Waals surface area contributed by atoms with E-state index in [1.165, 1.54) is 6.92 Å². The number of nitro groups is 1. The second-order valence-corrected chi connectivity index (χ2v) is 3.32. The topological polar surface area (TPSA) is 93.3 Å². The van der Waals surface area contributed by atoms with Crippen LogP contribution in [0.15, 0.2) is 0 Å². The Morgan fingerprint density at radius 2 is 2.00 bits per heavy atom.